The van der Waals surface area contributed by atoms with E-state index in [1.807, 2.05) is 7.05 Å². The molecule has 1 amide bonds. The Morgan fingerprint density at radius 2 is 1.81 bits per heavy atom. The van der Waals surface area contributed by atoms with E-state index in [1.165, 1.54) is 58.2 Å². The summed E-state index contributed by atoms with van der Waals surface area (Å²) in [6.07, 6.45) is 10.8. The molecule has 148 valence electrons. The quantitative estimate of drug-likeness (QED) is 0.411. The van der Waals surface area contributed by atoms with Crippen molar-refractivity contribution >= 4 is 11.9 Å². The van der Waals surface area contributed by atoms with Crippen molar-refractivity contribution in [3.05, 3.63) is 0 Å². The normalized spacial score (nSPS) is 25.2. The molecule has 3 fully saturated rings. The van der Waals surface area contributed by atoms with Crippen molar-refractivity contribution in [3.63, 3.8) is 0 Å². The van der Waals surface area contributed by atoms with Gasteiger partial charge in [0.2, 0.25) is 5.91 Å². The summed E-state index contributed by atoms with van der Waals surface area (Å²) in [5.74, 6) is 1.56. The van der Waals surface area contributed by atoms with E-state index in [9.17, 15) is 4.79 Å². The van der Waals surface area contributed by atoms with E-state index in [-0.39, 0.29) is 0 Å². The minimum absolute atomic E-state index is 0.293. The number of hydrogen-bond donors (Lipinski definition) is 2. The summed E-state index contributed by atoms with van der Waals surface area (Å²) in [5, 5.41) is 6.95. The van der Waals surface area contributed by atoms with E-state index >= 15 is 0 Å². The van der Waals surface area contributed by atoms with Crippen LogP contribution < -0.4 is 10.6 Å². The average molecular weight is 364 g/mol. The molecule has 0 aromatic heterocycles. The summed E-state index contributed by atoms with van der Waals surface area (Å²) >= 11 is 0. The van der Waals surface area contributed by atoms with Crippen LogP contribution in [-0.2, 0) is 4.79 Å². The van der Waals surface area contributed by atoms with Crippen LogP contribution in [0.3, 0.4) is 0 Å². The molecule has 0 spiro atoms. The van der Waals surface area contributed by atoms with Gasteiger partial charge in [0.15, 0.2) is 5.96 Å². The largest absolute Gasteiger partial charge is 0.356 e. The van der Waals surface area contributed by atoms with Gasteiger partial charge in [-0.05, 0) is 64.6 Å². The third-order valence-corrected chi connectivity index (χ3v) is 6.16. The number of nitrogens with zero attached hydrogens (tertiary/aromatic N) is 3. The lowest BCUT2D eigenvalue weighted by Crippen LogP contribution is -2.45. The number of likely N-dealkylation sites (tertiary alicyclic amines) is 2. The smallest absolute Gasteiger partial charge is 0.225 e. The molecular weight excluding hydrogens is 326 g/mol. The second kappa shape index (κ2) is 10.1. The van der Waals surface area contributed by atoms with E-state index in [2.05, 4.69) is 25.4 Å². The van der Waals surface area contributed by atoms with Crippen LogP contribution in [0.25, 0.3) is 0 Å². The Kier molecular flexibility index (Phi) is 7.59. The van der Waals surface area contributed by atoms with Crippen molar-refractivity contribution in [3.8, 4) is 0 Å². The lowest BCUT2D eigenvalue weighted by molar-refractivity contribution is -0.134. The highest BCUT2D eigenvalue weighted by Gasteiger charge is 2.32. The van der Waals surface area contributed by atoms with Gasteiger partial charge in [-0.3, -0.25) is 9.79 Å². The van der Waals surface area contributed by atoms with Crippen LogP contribution in [0, 0.1) is 5.92 Å². The first-order valence-electron chi connectivity index (χ1n) is 10.7. The molecule has 1 aliphatic carbocycles. The third kappa shape index (κ3) is 5.60. The Morgan fingerprint density at radius 3 is 2.54 bits per heavy atom. The van der Waals surface area contributed by atoms with Gasteiger partial charge in [0.1, 0.15) is 0 Å². The molecule has 0 aromatic rings. The van der Waals surface area contributed by atoms with Gasteiger partial charge >= 0.3 is 0 Å². The third-order valence-electron chi connectivity index (χ3n) is 6.16. The Balaban J connectivity index is 1.30. The van der Waals surface area contributed by atoms with Crippen LogP contribution in [-0.4, -0.2) is 74.0 Å². The molecule has 1 unspecified atom stereocenters. The van der Waals surface area contributed by atoms with Crippen molar-refractivity contribution in [2.45, 2.75) is 63.8 Å². The first-order valence-corrected chi connectivity index (χ1v) is 10.7. The summed E-state index contributed by atoms with van der Waals surface area (Å²) in [6, 6.07) is 0.330. The van der Waals surface area contributed by atoms with Crippen LogP contribution in [0.4, 0.5) is 0 Å². The fraction of sp³-hybridized carbons (Fsp3) is 0.900. The molecule has 0 bridgehead atoms. The van der Waals surface area contributed by atoms with E-state index in [1.54, 1.807) is 0 Å². The second-order valence-corrected chi connectivity index (χ2v) is 8.15. The highest BCUT2D eigenvalue weighted by molar-refractivity contribution is 5.81. The van der Waals surface area contributed by atoms with Gasteiger partial charge in [0, 0.05) is 38.6 Å². The van der Waals surface area contributed by atoms with Crippen LogP contribution in [0.2, 0.25) is 0 Å². The minimum Gasteiger partial charge on any atom is -0.356 e. The number of carbonyl (C=O) groups excluding carboxylic acids is 1. The molecule has 3 aliphatic rings. The van der Waals surface area contributed by atoms with Crippen LogP contribution >= 0.6 is 0 Å². The first-order chi connectivity index (χ1) is 12.8. The minimum atomic E-state index is 0.293. The molecule has 3 rings (SSSR count). The van der Waals surface area contributed by atoms with Crippen molar-refractivity contribution in [2.75, 3.05) is 46.3 Å². The number of amides is 1. The van der Waals surface area contributed by atoms with Gasteiger partial charge in [-0.2, -0.15) is 0 Å². The monoisotopic (exact) mass is 363 g/mol. The Morgan fingerprint density at radius 1 is 1.04 bits per heavy atom. The lowest BCUT2D eigenvalue weighted by atomic mass is 10.1. The number of aliphatic imine (C=N–C) groups is 1. The molecular formula is C20H37N5O. The molecule has 6 nitrogen and oxygen atoms in total. The van der Waals surface area contributed by atoms with Gasteiger partial charge < -0.3 is 20.4 Å². The van der Waals surface area contributed by atoms with Gasteiger partial charge in [-0.1, -0.05) is 12.8 Å². The van der Waals surface area contributed by atoms with Crippen LogP contribution in [0.15, 0.2) is 4.99 Å². The maximum absolute atomic E-state index is 12.5. The fourth-order valence-corrected chi connectivity index (χ4v) is 4.57. The number of nitrogens with one attached hydrogen (secondary N) is 2. The molecule has 2 saturated heterocycles. The van der Waals surface area contributed by atoms with Crippen molar-refractivity contribution < 1.29 is 4.79 Å². The van der Waals surface area contributed by atoms with Crippen molar-refractivity contribution in [2.24, 2.45) is 10.9 Å². The topological polar surface area (TPSA) is 60.0 Å². The zero-order valence-electron chi connectivity index (χ0n) is 16.5. The predicted molar refractivity (Wildman–Crippen MR) is 106 cm³/mol. The van der Waals surface area contributed by atoms with E-state index < -0.39 is 0 Å². The van der Waals surface area contributed by atoms with Gasteiger partial charge in [0.05, 0.1) is 0 Å². The van der Waals surface area contributed by atoms with Gasteiger partial charge in [0.25, 0.3) is 0 Å². The first kappa shape index (κ1) is 19.5. The summed E-state index contributed by atoms with van der Waals surface area (Å²) < 4.78 is 0. The standard InChI is InChI=1S/C20H37N5O/c1-21-20(22-11-4-5-12-24-13-6-7-14-24)23-18-10-15-25(16-18)19(26)17-8-2-3-9-17/h17-18H,2-16H2,1H3,(H2,21,22,23). The number of hydrogen-bond acceptors (Lipinski definition) is 3. The SMILES string of the molecule is CN=C(NCCCCN1CCCC1)NC1CCN(C(=O)C2CCCC2)C1. The van der Waals surface area contributed by atoms with Gasteiger partial charge in [-0.25, -0.2) is 0 Å². The summed E-state index contributed by atoms with van der Waals surface area (Å²) in [4.78, 5) is 21.5. The van der Waals surface area contributed by atoms with Crippen LogP contribution in [0.1, 0.15) is 57.8 Å². The summed E-state index contributed by atoms with van der Waals surface area (Å²) in [6.45, 7) is 6.48. The summed E-state index contributed by atoms with van der Waals surface area (Å²) in [7, 11) is 1.83. The fourth-order valence-electron chi connectivity index (χ4n) is 4.57. The predicted octanol–water partition coefficient (Wildman–Crippen LogP) is 1.82. The highest BCUT2D eigenvalue weighted by atomic mass is 16.2. The number of unbranched alkanes of at least 4 members (excludes halogenated alkanes) is 1. The molecule has 1 saturated carbocycles. The molecule has 6 heteroatoms. The zero-order valence-corrected chi connectivity index (χ0v) is 16.5. The van der Waals surface area contributed by atoms with Gasteiger partial charge in [-0.15, -0.1) is 0 Å². The number of carbonyl (C=O) groups is 1. The van der Waals surface area contributed by atoms with Crippen molar-refractivity contribution in [1.29, 1.82) is 0 Å². The Hall–Kier alpha value is -1.30. The number of rotatable bonds is 7. The Bertz CT molecular complexity index is 469. The lowest BCUT2D eigenvalue weighted by Gasteiger charge is -2.21. The van der Waals surface area contributed by atoms with E-state index in [0.717, 1.165) is 44.9 Å². The molecule has 1 atom stereocenters. The molecule has 0 aromatic carbocycles. The Labute approximate surface area is 158 Å². The molecule has 2 aliphatic heterocycles. The van der Waals surface area contributed by atoms with Crippen molar-refractivity contribution in [1.82, 2.24) is 20.4 Å². The maximum atomic E-state index is 12.5. The van der Waals surface area contributed by atoms with Crippen LogP contribution in [0.5, 0.6) is 0 Å². The molecule has 26 heavy (non-hydrogen) atoms. The number of guanidine groups is 1. The maximum Gasteiger partial charge on any atom is 0.225 e. The average Bonchev–Trinajstić information content (AvgIpc) is 3.42. The highest BCUT2D eigenvalue weighted by Crippen LogP contribution is 2.27. The molecule has 2 N–H and O–H groups in total. The summed E-state index contributed by atoms with van der Waals surface area (Å²) in [5.41, 5.74) is 0. The van der Waals surface area contributed by atoms with E-state index in [0.29, 0.717) is 17.9 Å². The zero-order chi connectivity index (χ0) is 18.2. The van der Waals surface area contributed by atoms with E-state index in [4.69, 9.17) is 0 Å². The molecule has 2 heterocycles. The molecule has 0 radical (unpaired) electrons. The second-order valence-electron chi connectivity index (χ2n) is 8.15.